The van der Waals surface area contributed by atoms with Gasteiger partial charge in [0.05, 0.1) is 61.2 Å². The van der Waals surface area contributed by atoms with E-state index < -0.39 is 10.8 Å². The molecule has 0 bridgehead atoms. The molecule has 0 amide bonds. The average Bonchev–Trinajstić information content (AvgIpc) is 1.53. The number of fused-ring (bicyclic) bond motifs is 16. The highest BCUT2D eigenvalue weighted by Gasteiger charge is 2.48. The summed E-state index contributed by atoms with van der Waals surface area (Å²) in [5.41, 5.74) is 32.7. The van der Waals surface area contributed by atoms with Crippen LogP contribution in [-0.2, 0) is 10.8 Å². The van der Waals surface area contributed by atoms with Gasteiger partial charge in [0.2, 0.25) is 0 Å². The second-order valence-electron chi connectivity index (χ2n) is 31.4. The van der Waals surface area contributed by atoms with Crippen LogP contribution in [-0.4, -0.2) is 29.9 Å². The summed E-state index contributed by atoms with van der Waals surface area (Å²) >= 11 is 0. The predicted octanol–water partition coefficient (Wildman–Crippen LogP) is 28.2. The molecular formula is C114H72N6. The van der Waals surface area contributed by atoms with Gasteiger partial charge in [0, 0.05) is 71.7 Å². The van der Waals surface area contributed by atoms with Gasteiger partial charge in [0.15, 0.2) is 5.82 Å². The van der Waals surface area contributed by atoms with Gasteiger partial charge in [0.25, 0.3) is 0 Å². The number of aromatic nitrogens is 6. The second-order valence-corrected chi connectivity index (χ2v) is 31.4. The van der Waals surface area contributed by atoms with Crippen LogP contribution >= 0.6 is 0 Å². The predicted molar refractivity (Wildman–Crippen MR) is 495 cm³/mol. The summed E-state index contributed by atoms with van der Waals surface area (Å²) in [4.78, 5) is 30.8. The Balaban J connectivity index is 0.000000144. The number of nitrogens with zero attached hydrogens (tertiary/aromatic N) is 6. The topological polar surface area (TPSA) is 77.3 Å². The summed E-state index contributed by atoms with van der Waals surface area (Å²) < 4.78 is 0. The van der Waals surface area contributed by atoms with Gasteiger partial charge in [-0.15, -0.1) is 0 Å². The third kappa shape index (κ3) is 11.3. The van der Waals surface area contributed by atoms with Crippen molar-refractivity contribution in [2.45, 2.75) is 10.8 Å². The first-order chi connectivity index (χ1) is 59.5. The van der Waals surface area contributed by atoms with Crippen molar-refractivity contribution in [2.24, 2.45) is 0 Å². The zero-order valence-electron chi connectivity index (χ0n) is 65.3. The molecule has 0 N–H and O–H groups in total. The molecule has 558 valence electrons. The molecule has 0 saturated carbocycles. The molecule has 0 unspecified atom stereocenters. The van der Waals surface area contributed by atoms with Gasteiger partial charge in [-0.25, -0.2) is 24.9 Å². The van der Waals surface area contributed by atoms with Gasteiger partial charge in [-0.05, 0) is 154 Å². The van der Waals surface area contributed by atoms with Crippen LogP contribution in [0.2, 0.25) is 0 Å². The Morgan fingerprint density at radius 2 is 0.533 bits per heavy atom. The van der Waals surface area contributed by atoms with Gasteiger partial charge >= 0.3 is 0 Å². The van der Waals surface area contributed by atoms with Crippen LogP contribution in [0.15, 0.2) is 437 Å². The summed E-state index contributed by atoms with van der Waals surface area (Å²) in [7, 11) is 0. The molecule has 5 aromatic heterocycles. The summed E-state index contributed by atoms with van der Waals surface area (Å²) in [6.07, 6.45) is 1.84. The highest BCUT2D eigenvalue weighted by molar-refractivity contribution is 6.16. The molecule has 2 aliphatic carbocycles. The maximum absolute atomic E-state index is 5.42. The van der Waals surface area contributed by atoms with E-state index in [2.05, 4.69) is 417 Å². The van der Waals surface area contributed by atoms with Crippen molar-refractivity contribution in [3.8, 4) is 101 Å². The van der Waals surface area contributed by atoms with E-state index in [0.717, 1.165) is 127 Å². The van der Waals surface area contributed by atoms with E-state index in [1.54, 1.807) is 0 Å². The SMILES string of the molecule is c1ccc(-c2ccc(-c3nc(-c4ccc(-c5ccc(-c6nc7ccccc7c7cc8c(cc67)-c6ccccc6C8(c6ccccc6)c6ccccc6)cc5)cc4)c4ccccc4n3)cc2)cc1.c1ccc(C2(c3ccccc3)c3ccccc3-c3cc4c(-c5ccc(-c6ccc7ccc8cccnc8c7n6)cc5)nc5ccccc5c4cc32)cc1. The third-order valence-electron chi connectivity index (χ3n) is 24.9. The zero-order valence-corrected chi connectivity index (χ0v) is 65.3. The fourth-order valence-electron chi connectivity index (χ4n) is 19.4. The first-order valence-corrected chi connectivity index (χ1v) is 41.0. The van der Waals surface area contributed by atoms with Gasteiger partial charge in [-0.3, -0.25) is 4.98 Å². The molecule has 0 aliphatic heterocycles. The lowest BCUT2D eigenvalue weighted by atomic mass is 9.67. The molecule has 0 atom stereocenters. The minimum atomic E-state index is -0.484. The first-order valence-electron chi connectivity index (χ1n) is 41.0. The maximum atomic E-state index is 5.42. The smallest absolute Gasteiger partial charge is 0.160 e. The van der Waals surface area contributed by atoms with Gasteiger partial charge in [-0.2, -0.15) is 0 Å². The largest absolute Gasteiger partial charge is 0.254 e. The standard InChI is InChI=1S/C64H41N3.C50H31N3/c1-4-16-42(17-5-1)43-32-38-48(39-33-43)63-66-60-27-15-12-24-53(60)61(67-63)46-34-28-44(29-35-46)45-30-36-47(37-31-45)62-56-40-55-51-22-10-13-25-57(51)64(49-18-6-2-7-19-49,50-20-8-3-9-21-50)58(55)41-54(56)52-23-11-14-26-59(52)65-62;1-3-13-36(14-4-1)50(37-15-5-2-6-16-37)43-19-9-7-17-38(43)41-30-42-40(31-44(41)50)39-18-8-10-20-46(39)53-47(42)34-23-21-32(22-24-34)45-28-27-35-26-25-33-12-11-29-51-48(33)49(35)52-45/h1-41H;1-31H. The molecule has 22 aromatic rings. The first kappa shape index (κ1) is 69.7. The Morgan fingerprint density at radius 1 is 0.183 bits per heavy atom. The number of benzene rings is 17. The highest BCUT2D eigenvalue weighted by Crippen LogP contribution is 2.60. The van der Waals surface area contributed by atoms with Crippen molar-refractivity contribution in [1.29, 1.82) is 0 Å². The number of pyridine rings is 4. The Bertz CT molecular complexity index is 7700. The minimum Gasteiger partial charge on any atom is -0.254 e. The molecule has 6 heteroatoms. The molecule has 0 fully saturated rings. The summed E-state index contributed by atoms with van der Waals surface area (Å²) in [5, 5.41) is 10.2. The third-order valence-corrected chi connectivity index (χ3v) is 24.9. The maximum Gasteiger partial charge on any atom is 0.160 e. The molecule has 0 saturated heterocycles. The molecule has 6 nitrogen and oxygen atoms in total. The Kier molecular flexibility index (Phi) is 16.6. The van der Waals surface area contributed by atoms with Crippen LogP contribution in [0.1, 0.15) is 44.5 Å². The molecule has 0 radical (unpaired) electrons. The zero-order chi connectivity index (χ0) is 79.2. The molecule has 0 spiro atoms. The summed E-state index contributed by atoms with van der Waals surface area (Å²) in [5.74, 6) is 0.712. The lowest BCUT2D eigenvalue weighted by Crippen LogP contribution is -2.28. The molecular weight excluding hydrogens is 1450 g/mol. The van der Waals surface area contributed by atoms with E-state index in [1.165, 1.54) is 88.7 Å². The van der Waals surface area contributed by atoms with Crippen molar-refractivity contribution in [3.05, 3.63) is 481 Å². The average molecular weight is 1530 g/mol. The Morgan fingerprint density at radius 3 is 1.00 bits per heavy atom. The fourth-order valence-corrected chi connectivity index (χ4v) is 19.4. The van der Waals surface area contributed by atoms with Crippen molar-refractivity contribution < 1.29 is 0 Å². The lowest BCUT2D eigenvalue weighted by molar-refractivity contribution is 0.769. The van der Waals surface area contributed by atoms with E-state index in [-0.39, 0.29) is 0 Å². The molecule has 24 rings (SSSR count). The van der Waals surface area contributed by atoms with Gasteiger partial charge in [0.1, 0.15) is 0 Å². The Hall–Kier alpha value is -15.8. The molecule has 5 heterocycles. The van der Waals surface area contributed by atoms with Crippen LogP contribution in [0.4, 0.5) is 0 Å². The number of hydrogen-bond donors (Lipinski definition) is 0. The quantitative estimate of drug-likeness (QED) is 0.120. The van der Waals surface area contributed by atoms with Crippen LogP contribution in [0.25, 0.3) is 177 Å². The molecule has 17 aromatic carbocycles. The van der Waals surface area contributed by atoms with E-state index >= 15 is 0 Å². The second kappa shape index (κ2) is 28.6. The lowest BCUT2D eigenvalue weighted by Gasteiger charge is -2.34. The summed E-state index contributed by atoms with van der Waals surface area (Å²) in [6.45, 7) is 0. The van der Waals surface area contributed by atoms with E-state index in [1.807, 2.05) is 24.4 Å². The van der Waals surface area contributed by atoms with Crippen molar-refractivity contribution >= 4 is 76.1 Å². The van der Waals surface area contributed by atoms with Crippen LogP contribution < -0.4 is 0 Å². The number of para-hydroxylation sites is 3. The van der Waals surface area contributed by atoms with E-state index in [4.69, 9.17) is 24.9 Å². The van der Waals surface area contributed by atoms with Gasteiger partial charge in [-0.1, -0.05) is 376 Å². The highest BCUT2D eigenvalue weighted by atomic mass is 14.9. The summed E-state index contributed by atoms with van der Waals surface area (Å²) in [6, 6.07) is 155. The number of rotatable bonds is 11. The van der Waals surface area contributed by atoms with Gasteiger partial charge < -0.3 is 0 Å². The van der Waals surface area contributed by atoms with Crippen molar-refractivity contribution in [1.82, 2.24) is 29.9 Å². The molecule has 120 heavy (non-hydrogen) atoms. The van der Waals surface area contributed by atoms with Crippen LogP contribution in [0.5, 0.6) is 0 Å². The van der Waals surface area contributed by atoms with Crippen molar-refractivity contribution in [3.63, 3.8) is 0 Å². The molecule has 2 aliphatic rings. The van der Waals surface area contributed by atoms with Crippen molar-refractivity contribution in [2.75, 3.05) is 0 Å². The Labute approximate surface area is 694 Å². The number of hydrogen-bond acceptors (Lipinski definition) is 6. The van der Waals surface area contributed by atoms with E-state index in [9.17, 15) is 0 Å². The van der Waals surface area contributed by atoms with Crippen LogP contribution in [0, 0.1) is 0 Å². The monoisotopic (exact) mass is 1520 g/mol. The minimum absolute atomic E-state index is 0.470. The normalized spacial score (nSPS) is 12.8. The fraction of sp³-hybridized carbons (Fsp3) is 0.0175. The van der Waals surface area contributed by atoms with E-state index in [0.29, 0.717) is 5.82 Å². The van der Waals surface area contributed by atoms with Crippen LogP contribution in [0.3, 0.4) is 0 Å².